The van der Waals surface area contributed by atoms with E-state index in [4.69, 9.17) is 4.74 Å². The zero-order chi connectivity index (χ0) is 21.9. The molecule has 168 valence electrons. The minimum Gasteiger partial charge on any atom is -0.496 e. The Hall–Kier alpha value is -2.37. The first-order valence-electron chi connectivity index (χ1n) is 11.6. The molecule has 1 fully saturated rings. The van der Waals surface area contributed by atoms with Crippen LogP contribution in [0.4, 0.5) is 0 Å². The Morgan fingerprint density at radius 2 is 1.90 bits per heavy atom. The number of rotatable bonds is 12. The standard InChI is InChI=1S/C26H37N3O2/c1-21(28-20-30)11-8-9-17-29-18-10-15-24(26(29)22-12-4-3-5-13-22)27-19-23-14-6-7-16-25(23)31-2/h3-7,12-14,16,20-21,24,26-27H,8-11,15,17-19H2,1-2H3,(H,28,30). The molecule has 1 amide bonds. The van der Waals surface area contributed by atoms with Gasteiger partial charge in [-0.1, -0.05) is 55.0 Å². The first-order valence-corrected chi connectivity index (χ1v) is 11.6. The van der Waals surface area contributed by atoms with Crippen LogP contribution in [0.5, 0.6) is 5.75 Å². The van der Waals surface area contributed by atoms with Gasteiger partial charge in [-0.25, -0.2) is 0 Å². The monoisotopic (exact) mass is 423 g/mol. The van der Waals surface area contributed by atoms with E-state index < -0.39 is 0 Å². The van der Waals surface area contributed by atoms with Gasteiger partial charge in [0.15, 0.2) is 0 Å². The molecule has 3 unspecified atom stereocenters. The van der Waals surface area contributed by atoms with Crippen molar-refractivity contribution in [3.05, 3.63) is 65.7 Å². The highest BCUT2D eigenvalue weighted by Crippen LogP contribution is 2.32. The van der Waals surface area contributed by atoms with Gasteiger partial charge in [0.1, 0.15) is 5.75 Å². The summed E-state index contributed by atoms with van der Waals surface area (Å²) in [7, 11) is 1.74. The first kappa shape index (κ1) is 23.3. The van der Waals surface area contributed by atoms with Crippen LogP contribution in [0.3, 0.4) is 0 Å². The molecule has 1 heterocycles. The summed E-state index contributed by atoms with van der Waals surface area (Å²) < 4.78 is 5.54. The Morgan fingerprint density at radius 3 is 2.68 bits per heavy atom. The van der Waals surface area contributed by atoms with Crippen LogP contribution in [-0.2, 0) is 11.3 Å². The Labute approximate surface area is 187 Å². The lowest BCUT2D eigenvalue weighted by Gasteiger charge is -2.42. The van der Waals surface area contributed by atoms with Crippen LogP contribution in [-0.4, -0.2) is 43.6 Å². The van der Waals surface area contributed by atoms with E-state index in [0.717, 1.165) is 51.1 Å². The normalized spacial score (nSPS) is 20.2. The number of likely N-dealkylation sites (tertiary alicyclic amines) is 1. The molecule has 31 heavy (non-hydrogen) atoms. The van der Waals surface area contributed by atoms with Crippen LogP contribution in [0.2, 0.25) is 0 Å². The number of benzene rings is 2. The molecule has 3 atom stereocenters. The van der Waals surface area contributed by atoms with Gasteiger partial charge in [-0.2, -0.15) is 0 Å². The SMILES string of the molecule is COc1ccccc1CNC1CCCN(CCCCC(C)NC=O)C1c1ccccc1. The Kier molecular flexibility index (Phi) is 9.38. The summed E-state index contributed by atoms with van der Waals surface area (Å²) in [5, 5.41) is 6.70. The molecular formula is C26H37N3O2. The zero-order valence-electron chi connectivity index (χ0n) is 18.9. The van der Waals surface area contributed by atoms with Crippen molar-refractivity contribution in [1.82, 2.24) is 15.5 Å². The average molecular weight is 424 g/mol. The third kappa shape index (κ3) is 6.81. The number of nitrogens with one attached hydrogen (secondary N) is 2. The smallest absolute Gasteiger partial charge is 0.207 e. The topological polar surface area (TPSA) is 53.6 Å². The van der Waals surface area contributed by atoms with Gasteiger partial charge in [-0.05, 0) is 57.3 Å². The molecule has 0 aliphatic carbocycles. The highest BCUT2D eigenvalue weighted by Gasteiger charge is 2.32. The van der Waals surface area contributed by atoms with Crippen LogP contribution in [0.25, 0.3) is 0 Å². The van der Waals surface area contributed by atoms with E-state index in [-0.39, 0.29) is 6.04 Å². The second kappa shape index (κ2) is 12.5. The second-order valence-electron chi connectivity index (χ2n) is 8.51. The first-order chi connectivity index (χ1) is 15.2. The van der Waals surface area contributed by atoms with Crippen molar-refractivity contribution >= 4 is 6.41 Å². The van der Waals surface area contributed by atoms with Crippen LogP contribution in [0.1, 0.15) is 56.2 Å². The summed E-state index contributed by atoms with van der Waals surface area (Å²) >= 11 is 0. The fourth-order valence-corrected chi connectivity index (χ4v) is 4.68. The third-order valence-electron chi connectivity index (χ3n) is 6.31. The summed E-state index contributed by atoms with van der Waals surface area (Å²) in [5.74, 6) is 0.942. The van der Waals surface area contributed by atoms with Gasteiger partial charge in [-0.3, -0.25) is 9.69 Å². The molecule has 5 nitrogen and oxygen atoms in total. The van der Waals surface area contributed by atoms with Gasteiger partial charge in [0.2, 0.25) is 6.41 Å². The zero-order valence-corrected chi connectivity index (χ0v) is 18.9. The number of unbranched alkanes of at least 4 members (excludes halogenated alkanes) is 1. The quantitative estimate of drug-likeness (QED) is 0.395. The average Bonchev–Trinajstić information content (AvgIpc) is 2.81. The molecule has 0 aromatic heterocycles. The molecule has 3 rings (SSSR count). The van der Waals surface area contributed by atoms with Crippen LogP contribution >= 0.6 is 0 Å². The van der Waals surface area contributed by atoms with Gasteiger partial charge < -0.3 is 15.4 Å². The maximum absolute atomic E-state index is 10.6. The van der Waals surface area contributed by atoms with E-state index in [2.05, 4.69) is 64.9 Å². The van der Waals surface area contributed by atoms with Crippen molar-refractivity contribution in [1.29, 1.82) is 0 Å². The highest BCUT2D eigenvalue weighted by atomic mass is 16.5. The predicted molar refractivity (Wildman–Crippen MR) is 126 cm³/mol. The highest BCUT2D eigenvalue weighted by molar-refractivity contribution is 5.46. The molecule has 0 spiro atoms. The molecule has 2 aromatic carbocycles. The molecule has 2 aromatic rings. The second-order valence-corrected chi connectivity index (χ2v) is 8.51. The molecular weight excluding hydrogens is 386 g/mol. The maximum atomic E-state index is 10.6. The van der Waals surface area contributed by atoms with E-state index in [0.29, 0.717) is 12.1 Å². The largest absolute Gasteiger partial charge is 0.496 e. The van der Waals surface area contributed by atoms with Gasteiger partial charge in [0, 0.05) is 24.2 Å². The van der Waals surface area contributed by atoms with E-state index in [1.165, 1.54) is 24.0 Å². The number of hydrogen-bond acceptors (Lipinski definition) is 4. The number of carbonyl (C=O) groups is 1. The lowest BCUT2D eigenvalue weighted by atomic mass is 9.89. The van der Waals surface area contributed by atoms with Gasteiger partial charge >= 0.3 is 0 Å². The van der Waals surface area contributed by atoms with E-state index in [1.54, 1.807) is 7.11 Å². The molecule has 1 aliphatic heterocycles. The fourth-order valence-electron chi connectivity index (χ4n) is 4.68. The Bertz CT molecular complexity index is 783. The Balaban J connectivity index is 1.65. The summed E-state index contributed by atoms with van der Waals surface area (Å²) in [6.07, 6.45) is 6.48. The summed E-state index contributed by atoms with van der Waals surface area (Å²) in [6.45, 7) is 5.09. The number of amides is 1. The van der Waals surface area contributed by atoms with Crippen molar-refractivity contribution in [3.8, 4) is 5.75 Å². The number of carbonyl (C=O) groups excluding carboxylic acids is 1. The van der Waals surface area contributed by atoms with E-state index >= 15 is 0 Å². The predicted octanol–water partition coefficient (Wildman–Crippen LogP) is 4.30. The molecule has 2 N–H and O–H groups in total. The van der Waals surface area contributed by atoms with E-state index in [1.807, 2.05) is 12.1 Å². The van der Waals surface area contributed by atoms with Crippen molar-refractivity contribution in [2.24, 2.45) is 0 Å². The number of para-hydroxylation sites is 1. The summed E-state index contributed by atoms with van der Waals surface area (Å²) in [6, 6.07) is 20.2. The van der Waals surface area contributed by atoms with Crippen molar-refractivity contribution in [2.45, 2.75) is 63.7 Å². The van der Waals surface area contributed by atoms with Crippen molar-refractivity contribution in [3.63, 3.8) is 0 Å². The molecule has 0 radical (unpaired) electrons. The number of piperidine rings is 1. The van der Waals surface area contributed by atoms with Crippen LogP contribution in [0.15, 0.2) is 54.6 Å². The van der Waals surface area contributed by atoms with Crippen LogP contribution < -0.4 is 15.4 Å². The fraction of sp³-hybridized carbons (Fsp3) is 0.500. The van der Waals surface area contributed by atoms with Gasteiger partial charge in [0.05, 0.1) is 13.2 Å². The minimum atomic E-state index is 0.249. The number of nitrogens with zero attached hydrogens (tertiary/aromatic N) is 1. The number of methoxy groups -OCH3 is 1. The van der Waals surface area contributed by atoms with Crippen molar-refractivity contribution < 1.29 is 9.53 Å². The Morgan fingerprint density at radius 1 is 1.13 bits per heavy atom. The molecule has 1 saturated heterocycles. The van der Waals surface area contributed by atoms with E-state index in [9.17, 15) is 4.79 Å². The minimum absolute atomic E-state index is 0.249. The summed E-state index contributed by atoms with van der Waals surface area (Å²) in [5.41, 5.74) is 2.58. The van der Waals surface area contributed by atoms with Gasteiger partial charge in [-0.15, -0.1) is 0 Å². The summed E-state index contributed by atoms with van der Waals surface area (Å²) in [4.78, 5) is 13.3. The number of hydrogen-bond donors (Lipinski definition) is 2. The third-order valence-corrected chi connectivity index (χ3v) is 6.31. The molecule has 0 bridgehead atoms. The van der Waals surface area contributed by atoms with Crippen LogP contribution in [0, 0.1) is 0 Å². The number of ether oxygens (including phenoxy) is 1. The lowest BCUT2D eigenvalue weighted by molar-refractivity contribution is -0.110. The molecule has 1 aliphatic rings. The maximum Gasteiger partial charge on any atom is 0.207 e. The van der Waals surface area contributed by atoms with Crippen molar-refractivity contribution in [2.75, 3.05) is 20.2 Å². The molecule has 0 saturated carbocycles. The molecule has 5 heteroatoms. The lowest BCUT2D eigenvalue weighted by Crippen LogP contribution is -2.48. The van der Waals surface area contributed by atoms with Gasteiger partial charge in [0.25, 0.3) is 0 Å².